The number of hydrogen-bond donors (Lipinski definition) is 2. The van der Waals surface area contributed by atoms with Gasteiger partial charge in [0.2, 0.25) is 5.91 Å². The van der Waals surface area contributed by atoms with Gasteiger partial charge in [-0.1, -0.05) is 0 Å². The van der Waals surface area contributed by atoms with Crippen LogP contribution < -0.4 is 4.90 Å². The number of carbonyl (C=O) groups is 2. The van der Waals surface area contributed by atoms with Crippen molar-refractivity contribution in [2.24, 2.45) is 5.41 Å². The highest BCUT2D eigenvalue weighted by atomic mass is 16.4. The van der Waals surface area contributed by atoms with Gasteiger partial charge in [-0.25, -0.2) is 0 Å². The number of aromatic nitrogens is 1. The minimum absolute atomic E-state index is 0.461. The number of aliphatic carboxylic acids is 1. The van der Waals surface area contributed by atoms with Crippen LogP contribution in [-0.4, -0.2) is 29.0 Å². The van der Waals surface area contributed by atoms with Crippen molar-refractivity contribution in [1.29, 1.82) is 0 Å². The summed E-state index contributed by atoms with van der Waals surface area (Å²) in [6, 6.07) is 3.45. The Morgan fingerprint density at radius 1 is 1.47 bits per heavy atom. The largest absolute Gasteiger partial charge is 0.480 e. The van der Waals surface area contributed by atoms with Crippen LogP contribution in [0.25, 0.3) is 0 Å². The average Bonchev–Trinajstić information content (AvgIpc) is 2.67. The molecular weight excluding hydrogens is 196 g/mol. The molecule has 1 rings (SSSR count). The lowest BCUT2D eigenvalue weighted by atomic mass is 9.92. The molecule has 5 heteroatoms. The first kappa shape index (κ1) is 11.3. The van der Waals surface area contributed by atoms with Crippen molar-refractivity contribution < 1.29 is 14.7 Å². The number of H-pyrrole nitrogens is 1. The van der Waals surface area contributed by atoms with Crippen LogP contribution in [0.2, 0.25) is 0 Å². The van der Waals surface area contributed by atoms with Crippen LogP contribution in [-0.2, 0) is 9.59 Å². The molecule has 0 aromatic carbocycles. The van der Waals surface area contributed by atoms with E-state index in [4.69, 9.17) is 5.11 Å². The average molecular weight is 210 g/mol. The summed E-state index contributed by atoms with van der Waals surface area (Å²) in [5, 5.41) is 8.90. The monoisotopic (exact) mass is 210 g/mol. The van der Waals surface area contributed by atoms with Crippen LogP contribution in [0.3, 0.4) is 0 Å². The quantitative estimate of drug-likeness (QED) is 0.733. The molecule has 0 aliphatic carbocycles. The zero-order valence-electron chi connectivity index (χ0n) is 8.94. The van der Waals surface area contributed by atoms with Gasteiger partial charge in [-0.2, -0.15) is 0 Å². The predicted molar refractivity (Wildman–Crippen MR) is 55.6 cm³/mol. The van der Waals surface area contributed by atoms with Crippen molar-refractivity contribution in [1.82, 2.24) is 4.98 Å². The minimum atomic E-state index is -1.42. The Labute approximate surface area is 87.7 Å². The zero-order valence-corrected chi connectivity index (χ0v) is 8.94. The fraction of sp³-hybridized carbons (Fsp3) is 0.400. The lowest BCUT2D eigenvalue weighted by Gasteiger charge is -2.24. The Morgan fingerprint density at radius 2 is 2.07 bits per heavy atom. The number of rotatable bonds is 3. The molecule has 0 saturated heterocycles. The molecule has 1 aromatic heterocycles. The summed E-state index contributed by atoms with van der Waals surface area (Å²) in [6.45, 7) is 2.77. The third kappa shape index (κ3) is 2.01. The van der Waals surface area contributed by atoms with Gasteiger partial charge in [0.25, 0.3) is 0 Å². The topological polar surface area (TPSA) is 73.4 Å². The van der Waals surface area contributed by atoms with Gasteiger partial charge in [-0.05, 0) is 26.0 Å². The van der Waals surface area contributed by atoms with Gasteiger partial charge in [-0.3, -0.25) is 9.59 Å². The number of carboxylic acids is 1. The predicted octanol–water partition coefficient (Wildman–Crippen LogP) is 1.09. The summed E-state index contributed by atoms with van der Waals surface area (Å²) in [5.41, 5.74) is -1.42. The van der Waals surface area contributed by atoms with Crippen molar-refractivity contribution in [3.63, 3.8) is 0 Å². The van der Waals surface area contributed by atoms with Gasteiger partial charge in [-0.15, -0.1) is 0 Å². The van der Waals surface area contributed by atoms with E-state index in [1.54, 1.807) is 25.4 Å². The smallest absolute Gasteiger partial charge is 0.318 e. The molecule has 0 spiro atoms. The highest BCUT2D eigenvalue weighted by Gasteiger charge is 2.38. The maximum atomic E-state index is 11.8. The molecule has 82 valence electrons. The maximum Gasteiger partial charge on any atom is 0.318 e. The molecule has 0 fully saturated rings. The highest BCUT2D eigenvalue weighted by Crippen LogP contribution is 2.21. The second-order valence-electron chi connectivity index (χ2n) is 3.85. The van der Waals surface area contributed by atoms with Gasteiger partial charge in [0.1, 0.15) is 11.2 Å². The summed E-state index contributed by atoms with van der Waals surface area (Å²) < 4.78 is 0. The van der Waals surface area contributed by atoms with Crippen molar-refractivity contribution in [3.05, 3.63) is 18.3 Å². The van der Waals surface area contributed by atoms with E-state index >= 15 is 0 Å². The van der Waals surface area contributed by atoms with Gasteiger partial charge in [0.05, 0.1) is 0 Å². The molecule has 0 radical (unpaired) electrons. The van der Waals surface area contributed by atoms with Crippen LogP contribution in [0.5, 0.6) is 0 Å². The van der Waals surface area contributed by atoms with Crippen molar-refractivity contribution >= 4 is 17.7 Å². The number of amides is 1. The minimum Gasteiger partial charge on any atom is -0.480 e. The summed E-state index contributed by atoms with van der Waals surface area (Å²) in [6.07, 6.45) is 1.67. The van der Waals surface area contributed by atoms with E-state index in [9.17, 15) is 9.59 Å². The van der Waals surface area contributed by atoms with Crippen LogP contribution in [0.4, 0.5) is 5.82 Å². The van der Waals surface area contributed by atoms with Crippen LogP contribution in [0.1, 0.15) is 13.8 Å². The number of aromatic amines is 1. The maximum absolute atomic E-state index is 11.8. The van der Waals surface area contributed by atoms with E-state index in [1.165, 1.54) is 18.7 Å². The Kier molecular flexibility index (Phi) is 2.83. The van der Waals surface area contributed by atoms with Gasteiger partial charge in [0, 0.05) is 13.2 Å². The fourth-order valence-electron chi connectivity index (χ4n) is 1.15. The second-order valence-corrected chi connectivity index (χ2v) is 3.85. The number of nitrogens with zero attached hydrogens (tertiary/aromatic N) is 1. The first-order chi connectivity index (χ1) is 6.87. The molecule has 1 aromatic rings. The third-order valence-electron chi connectivity index (χ3n) is 2.32. The first-order valence-electron chi connectivity index (χ1n) is 4.52. The summed E-state index contributed by atoms with van der Waals surface area (Å²) >= 11 is 0. The number of hydrogen-bond acceptors (Lipinski definition) is 2. The summed E-state index contributed by atoms with van der Waals surface area (Å²) in [4.78, 5) is 26.8. The molecule has 0 aliphatic rings. The third-order valence-corrected chi connectivity index (χ3v) is 2.32. The normalized spacial score (nSPS) is 11.1. The van der Waals surface area contributed by atoms with Gasteiger partial charge >= 0.3 is 5.97 Å². The Balaban J connectivity index is 2.91. The van der Waals surface area contributed by atoms with Crippen molar-refractivity contribution in [2.75, 3.05) is 11.9 Å². The molecule has 15 heavy (non-hydrogen) atoms. The molecule has 0 saturated carbocycles. The lowest BCUT2D eigenvalue weighted by molar-refractivity contribution is -0.152. The number of anilines is 1. The van der Waals surface area contributed by atoms with Gasteiger partial charge in [0.15, 0.2) is 0 Å². The standard InChI is InChI=1S/C10H14N2O3/c1-10(2,9(14)15)8(13)12(3)7-5-4-6-11-7/h4-6,11H,1-3H3,(H,14,15). The Hall–Kier alpha value is -1.78. The van der Waals surface area contributed by atoms with Crippen LogP contribution >= 0.6 is 0 Å². The number of nitrogens with one attached hydrogen (secondary N) is 1. The second kappa shape index (κ2) is 3.76. The molecule has 0 aliphatic heterocycles. The van der Waals surface area contributed by atoms with E-state index in [1.807, 2.05) is 0 Å². The zero-order chi connectivity index (χ0) is 11.6. The Morgan fingerprint density at radius 3 is 2.47 bits per heavy atom. The van der Waals surface area contributed by atoms with E-state index in [-0.39, 0.29) is 0 Å². The highest BCUT2D eigenvalue weighted by molar-refractivity contribution is 6.08. The number of carboxylic acid groups (broad SMARTS) is 1. The van der Waals surface area contributed by atoms with Crippen LogP contribution in [0, 0.1) is 5.41 Å². The van der Waals surface area contributed by atoms with E-state index in [2.05, 4.69) is 4.98 Å². The summed E-state index contributed by atoms with van der Waals surface area (Å²) in [5.74, 6) is -1.02. The number of carbonyl (C=O) groups excluding carboxylic acids is 1. The van der Waals surface area contributed by atoms with Crippen molar-refractivity contribution in [3.8, 4) is 0 Å². The molecule has 0 unspecified atom stereocenters. The first-order valence-corrected chi connectivity index (χ1v) is 4.52. The van der Waals surface area contributed by atoms with E-state index in [0.717, 1.165) is 0 Å². The van der Waals surface area contributed by atoms with E-state index in [0.29, 0.717) is 5.82 Å². The molecule has 1 heterocycles. The molecule has 0 bridgehead atoms. The summed E-state index contributed by atoms with van der Waals surface area (Å²) in [7, 11) is 1.54. The van der Waals surface area contributed by atoms with Crippen molar-refractivity contribution in [2.45, 2.75) is 13.8 Å². The van der Waals surface area contributed by atoms with E-state index < -0.39 is 17.3 Å². The van der Waals surface area contributed by atoms with Gasteiger partial charge < -0.3 is 15.0 Å². The van der Waals surface area contributed by atoms with Crippen LogP contribution in [0.15, 0.2) is 18.3 Å². The molecule has 2 N–H and O–H groups in total. The molecule has 5 nitrogen and oxygen atoms in total. The lowest BCUT2D eigenvalue weighted by Crippen LogP contribution is -2.43. The molecular formula is C10H14N2O3. The molecule has 0 atom stereocenters. The SMILES string of the molecule is CN(C(=O)C(C)(C)C(=O)O)c1ccc[nH]1. The Bertz CT molecular complexity index is 368. The molecule has 1 amide bonds. The fourth-order valence-corrected chi connectivity index (χ4v) is 1.15.